The third-order valence-corrected chi connectivity index (χ3v) is 0.866. The van der Waals surface area contributed by atoms with Crippen molar-refractivity contribution in [3.8, 4) is 0 Å². The molecule has 0 radical (unpaired) electrons. The van der Waals surface area contributed by atoms with Gasteiger partial charge in [0.05, 0.1) is 7.11 Å². The summed E-state index contributed by atoms with van der Waals surface area (Å²) in [5.74, 6) is 0.461. The Kier molecular flexibility index (Phi) is 4.66. The van der Waals surface area contributed by atoms with Crippen molar-refractivity contribution in [1.29, 1.82) is 0 Å². The largest absolute Gasteiger partial charge is 0.338 e. The van der Waals surface area contributed by atoms with Crippen LogP contribution >= 0.6 is 0 Å². The topological polar surface area (TPSA) is 50.4 Å². The molecule has 10 heavy (non-hydrogen) atoms. The molecule has 0 unspecified atom stereocenters. The molecule has 0 bridgehead atoms. The lowest BCUT2D eigenvalue weighted by molar-refractivity contribution is 0.107. The van der Waals surface area contributed by atoms with Crippen LogP contribution in [0.15, 0.2) is 0 Å². The summed E-state index contributed by atoms with van der Waals surface area (Å²) in [6.45, 7) is 4.70. The van der Waals surface area contributed by atoms with Crippen molar-refractivity contribution < 1.29 is 9.63 Å². The SMILES string of the molecule is CONC(=O)NCC(C)C. The van der Waals surface area contributed by atoms with Crippen molar-refractivity contribution in [2.75, 3.05) is 13.7 Å². The van der Waals surface area contributed by atoms with E-state index in [0.717, 1.165) is 0 Å². The molecule has 0 atom stereocenters. The summed E-state index contributed by atoms with van der Waals surface area (Å²) in [6, 6.07) is -0.295. The molecular weight excluding hydrogens is 132 g/mol. The highest BCUT2D eigenvalue weighted by molar-refractivity contribution is 5.72. The standard InChI is InChI=1S/C6H14N2O2/c1-5(2)4-7-6(9)8-10-3/h5H,4H2,1-3H3,(H2,7,8,9). The molecule has 60 valence electrons. The van der Waals surface area contributed by atoms with Gasteiger partial charge in [0, 0.05) is 6.54 Å². The first-order chi connectivity index (χ1) is 4.66. The Balaban J connectivity index is 3.22. The van der Waals surface area contributed by atoms with Crippen LogP contribution in [-0.4, -0.2) is 19.7 Å². The summed E-state index contributed by atoms with van der Waals surface area (Å²) < 4.78 is 0. The first-order valence-electron chi connectivity index (χ1n) is 3.23. The molecule has 0 aromatic carbocycles. The number of carbonyl (C=O) groups excluding carboxylic acids is 1. The number of hydrogen-bond acceptors (Lipinski definition) is 2. The first kappa shape index (κ1) is 9.23. The number of hydroxylamine groups is 1. The number of carbonyl (C=O) groups is 1. The van der Waals surface area contributed by atoms with Crippen LogP contribution in [0.2, 0.25) is 0 Å². The van der Waals surface area contributed by atoms with Crippen LogP contribution in [0.25, 0.3) is 0 Å². The maximum absolute atomic E-state index is 10.6. The van der Waals surface area contributed by atoms with Gasteiger partial charge in [-0.3, -0.25) is 4.84 Å². The fourth-order valence-corrected chi connectivity index (χ4v) is 0.426. The smallest absolute Gasteiger partial charge is 0.336 e. The zero-order valence-corrected chi connectivity index (χ0v) is 6.60. The molecule has 0 aliphatic carbocycles. The van der Waals surface area contributed by atoms with Gasteiger partial charge in [-0.2, -0.15) is 0 Å². The van der Waals surface area contributed by atoms with Gasteiger partial charge in [0.15, 0.2) is 0 Å². The minimum absolute atomic E-state index is 0.295. The molecular formula is C6H14N2O2. The third-order valence-electron chi connectivity index (χ3n) is 0.866. The van der Waals surface area contributed by atoms with Crippen molar-refractivity contribution in [2.24, 2.45) is 5.92 Å². The van der Waals surface area contributed by atoms with Crippen LogP contribution in [-0.2, 0) is 4.84 Å². The second-order valence-electron chi connectivity index (χ2n) is 2.41. The molecule has 0 aliphatic rings. The van der Waals surface area contributed by atoms with Crippen LogP contribution in [0.1, 0.15) is 13.8 Å². The van der Waals surface area contributed by atoms with Gasteiger partial charge in [-0.25, -0.2) is 10.3 Å². The minimum atomic E-state index is -0.295. The van der Waals surface area contributed by atoms with E-state index < -0.39 is 0 Å². The van der Waals surface area contributed by atoms with Crippen LogP contribution in [0.4, 0.5) is 4.79 Å². The molecule has 0 aliphatic heterocycles. The Hall–Kier alpha value is -0.770. The van der Waals surface area contributed by atoms with Crippen molar-refractivity contribution in [2.45, 2.75) is 13.8 Å². The van der Waals surface area contributed by atoms with E-state index in [-0.39, 0.29) is 6.03 Å². The predicted octanol–water partition coefficient (Wildman–Crippen LogP) is 0.503. The monoisotopic (exact) mass is 146 g/mol. The average molecular weight is 146 g/mol. The van der Waals surface area contributed by atoms with Crippen LogP contribution < -0.4 is 10.8 Å². The molecule has 4 heteroatoms. The Morgan fingerprint density at radius 3 is 2.60 bits per heavy atom. The average Bonchev–Trinajstić information content (AvgIpc) is 1.85. The molecule has 0 spiro atoms. The molecule has 0 aromatic heterocycles. The van der Waals surface area contributed by atoms with E-state index in [0.29, 0.717) is 12.5 Å². The second kappa shape index (κ2) is 5.05. The van der Waals surface area contributed by atoms with Gasteiger partial charge < -0.3 is 5.32 Å². The molecule has 2 N–H and O–H groups in total. The lowest BCUT2D eigenvalue weighted by Gasteiger charge is -2.06. The zero-order valence-electron chi connectivity index (χ0n) is 6.60. The van der Waals surface area contributed by atoms with Gasteiger partial charge in [-0.15, -0.1) is 0 Å². The van der Waals surface area contributed by atoms with Gasteiger partial charge in [0.25, 0.3) is 0 Å². The van der Waals surface area contributed by atoms with Crippen molar-refractivity contribution in [3.63, 3.8) is 0 Å². The van der Waals surface area contributed by atoms with Crippen molar-refractivity contribution in [1.82, 2.24) is 10.8 Å². The highest BCUT2D eigenvalue weighted by atomic mass is 16.6. The maximum Gasteiger partial charge on any atom is 0.338 e. The molecule has 2 amide bonds. The summed E-state index contributed by atoms with van der Waals surface area (Å²) in [4.78, 5) is 15.0. The molecule has 0 aromatic rings. The Bertz CT molecular complexity index is 104. The van der Waals surface area contributed by atoms with E-state index >= 15 is 0 Å². The van der Waals surface area contributed by atoms with Gasteiger partial charge >= 0.3 is 6.03 Å². The summed E-state index contributed by atoms with van der Waals surface area (Å²) in [7, 11) is 1.40. The van der Waals surface area contributed by atoms with Crippen LogP contribution in [0.5, 0.6) is 0 Å². The predicted molar refractivity (Wildman–Crippen MR) is 38.4 cm³/mol. The Labute approximate surface area is 60.9 Å². The number of nitrogens with one attached hydrogen (secondary N) is 2. The van der Waals surface area contributed by atoms with E-state index in [4.69, 9.17) is 0 Å². The lowest BCUT2D eigenvalue weighted by Crippen LogP contribution is -2.36. The van der Waals surface area contributed by atoms with E-state index in [9.17, 15) is 4.79 Å². The van der Waals surface area contributed by atoms with Crippen LogP contribution in [0, 0.1) is 5.92 Å². The zero-order chi connectivity index (χ0) is 7.98. The molecule has 0 heterocycles. The fourth-order valence-electron chi connectivity index (χ4n) is 0.426. The van der Waals surface area contributed by atoms with E-state index in [1.165, 1.54) is 7.11 Å². The fraction of sp³-hybridized carbons (Fsp3) is 0.833. The van der Waals surface area contributed by atoms with E-state index in [2.05, 4.69) is 15.6 Å². The Morgan fingerprint density at radius 1 is 1.60 bits per heavy atom. The summed E-state index contributed by atoms with van der Waals surface area (Å²) >= 11 is 0. The van der Waals surface area contributed by atoms with Crippen molar-refractivity contribution in [3.05, 3.63) is 0 Å². The van der Waals surface area contributed by atoms with Gasteiger partial charge in [0.1, 0.15) is 0 Å². The second-order valence-corrected chi connectivity index (χ2v) is 2.41. The maximum atomic E-state index is 10.6. The van der Waals surface area contributed by atoms with Gasteiger partial charge in [-0.05, 0) is 5.92 Å². The summed E-state index contributed by atoms with van der Waals surface area (Å²) in [5, 5.41) is 2.61. The lowest BCUT2D eigenvalue weighted by atomic mass is 10.2. The molecule has 4 nitrogen and oxygen atoms in total. The number of amides is 2. The third kappa shape index (κ3) is 5.37. The van der Waals surface area contributed by atoms with Crippen LogP contribution in [0.3, 0.4) is 0 Å². The number of rotatable bonds is 3. The first-order valence-corrected chi connectivity index (χ1v) is 3.23. The van der Waals surface area contributed by atoms with E-state index in [1.54, 1.807) is 0 Å². The highest BCUT2D eigenvalue weighted by Gasteiger charge is 1.98. The molecule has 0 rings (SSSR count). The van der Waals surface area contributed by atoms with Crippen molar-refractivity contribution >= 4 is 6.03 Å². The highest BCUT2D eigenvalue weighted by Crippen LogP contribution is 1.85. The molecule has 0 saturated heterocycles. The minimum Gasteiger partial charge on any atom is -0.336 e. The molecule has 0 saturated carbocycles. The summed E-state index contributed by atoms with van der Waals surface area (Å²) in [5.41, 5.74) is 2.15. The quantitative estimate of drug-likeness (QED) is 0.570. The Morgan fingerprint density at radius 2 is 2.20 bits per heavy atom. The number of urea groups is 1. The summed E-state index contributed by atoms with van der Waals surface area (Å²) in [6.07, 6.45) is 0. The normalized spacial score (nSPS) is 9.60. The van der Waals surface area contributed by atoms with Gasteiger partial charge in [-0.1, -0.05) is 13.8 Å². The van der Waals surface area contributed by atoms with Gasteiger partial charge in [0.2, 0.25) is 0 Å². The van der Waals surface area contributed by atoms with E-state index in [1.807, 2.05) is 13.8 Å². The molecule has 0 fully saturated rings. The number of hydrogen-bond donors (Lipinski definition) is 2.